The molecule has 30 heavy (non-hydrogen) atoms. The highest BCUT2D eigenvalue weighted by atomic mass is 35.5. The van der Waals surface area contributed by atoms with Gasteiger partial charge in [-0.05, 0) is 56.4 Å². The molecular formula is C24H34ClNO4. The molecule has 2 aliphatic rings. The standard InChI is InChI=1S/C24H34ClNO4/c1-2-29-24-20(9-8-16-27)21(18-10-12-19(25)13-11-18)17-22(30-24)23(28)26-14-6-4-3-5-7-15-26/h10-13,17,20-21,24,27H,2-9,14-16H2,1H3/t20-,21+,24+/m1/s1. The molecule has 2 aliphatic heterocycles. The monoisotopic (exact) mass is 435 g/mol. The molecule has 3 rings (SSSR count). The number of aliphatic hydroxyl groups excluding tert-OH is 1. The maximum absolute atomic E-state index is 13.3. The van der Waals surface area contributed by atoms with Gasteiger partial charge >= 0.3 is 0 Å². The Morgan fingerprint density at radius 2 is 1.83 bits per heavy atom. The Bertz CT molecular complexity index is 698. The third-order valence-corrected chi connectivity index (χ3v) is 6.27. The molecule has 0 saturated carbocycles. The molecule has 166 valence electrons. The summed E-state index contributed by atoms with van der Waals surface area (Å²) in [6.45, 7) is 4.10. The number of rotatable bonds is 7. The number of nitrogens with zero attached hydrogens (tertiary/aromatic N) is 1. The molecule has 3 atom stereocenters. The Hall–Kier alpha value is -1.56. The van der Waals surface area contributed by atoms with E-state index in [4.69, 9.17) is 21.1 Å². The van der Waals surface area contributed by atoms with E-state index >= 15 is 0 Å². The van der Waals surface area contributed by atoms with Crippen molar-refractivity contribution in [2.45, 2.75) is 64.1 Å². The number of halogens is 1. The molecule has 1 aromatic carbocycles. The summed E-state index contributed by atoms with van der Waals surface area (Å²) in [7, 11) is 0. The van der Waals surface area contributed by atoms with Gasteiger partial charge < -0.3 is 19.5 Å². The van der Waals surface area contributed by atoms with E-state index < -0.39 is 6.29 Å². The lowest BCUT2D eigenvalue weighted by Gasteiger charge is -2.38. The van der Waals surface area contributed by atoms with E-state index in [0.717, 1.165) is 37.9 Å². The van der Waals surface area contributed by atoms with E-state index in [-0.39, 0.29) is 24.3 Å². The Kier molecular flexibility index (Phi) is 9.04. The van der Waals surface area contributed by atoms with Crippen LogP contribution in [0.25, 0.3) is 0 Å². The molecule has 1 fully saturated rings. The second-order valence-corrected chi connectivity index (χ2v) is 8.58. The number of likely N-dealkylation sites (tertiary alicyclic amines) is 1. The molecule has 1 N–H and O–H groups in total. The van der Waals surface area contributed by atoms with E-state index in [1.54, 1.807) is 0 Å². The first-order valence-electron chi connectivity index (χ1n) is 11.3. The number of amides is 1. The zero-order valence-electron chi connectivity index (χ0n) is 17.9. The average Bonchev–Trinajstić information content (AvgIpc) is 2.72. The SMILES string of the molecule is CCO[C@H]1OC(C(=O)N2CCCCCCC2)=C[C@@H](c2ccc(Cl)cc2)[C@H]1CCCO. The molecule has 6 heteroatoms. The van der Waals surface area contributed by atoms with Crippen LogP contribution in [0.4, 0.5) is 0 Å². The van der Waals surface area contributed by atoms with Crippen molar-refractivity contribution in [1.29, 1.82) is 0 Å². The van der Waals surface area contributed by atoms with Crippen LogP contribution in [0.5, 0.6) is 0 Å². The topological polar surface area (TPSA) is 59.0 Å². The first-order chi connectivity index (χ1) is 14.6. The summed E-state index contributed by atoms with van der Waals surface area (Å²) in [6.07, 6.45) is 8.51. The Morgan fingerprint density at radius 1 is 1.17 bits per heavy atom. The second-order valence-electron chi connectivity index (χ2n) is 8.14. The summed E-state index contributed by atoms with van der Waals surface area (Å²) in [4.78, 5) is 15.3. The third-order valence-electron chi connectivity index (χ3n) is 6.02. The Labute approximate surface area is 185 Å². The summed E-state index contributed by atoms with van der Waals surface area (Å²) >= 11 is 6.10. The predicted octanol–water partition coefficient (Wildman–Crippen LogP) is 4.88. The smallest absolute Gasteiger partial charge is 0.288 e. The van der Waals surface area contributed by atoms with Gasteiger partial charge in [-0.15, -0.1) is 0 Å². The summed E-state index contributed by atoms with van der Waals surface area (Å²) in [5.74, 6) is 0.324. The number of allylic oxidation sites excluding steroid dienone is 1. The third kappa shape index (κ3) is 5.99. The number of ether oxygens (including phenoxy) is 2. The van der Waals surface area contributed by atoms with Crippen LogP contribution in [-0.4, -0.2) is 48.5 Å². The van der Waals surface area contributed by atoms with Crippen LogP contribution in [0.3, 0.4) is 0 Å². The van der Waals surface area contributed by atoms with Crippen molar-refractivity contribution in [3.05, 3.63) is 46.7 Å². The van der Waals surface area contributed by atoms with Gasteiger partial charge in [-0.2, -0.15) is 0 Å². The summed E-state index contributed by atoms with van der Waals surface area (Å²) < 4.78 is 12.1. The fourth-order valence-corrected chi connectivity index (χ4v) is 4.55. The van der Waals surface area contributed by atoms with Crippen LogP contribution in [-0.2, 0) is 14.3 Å². The van der Waals surface area contributed by atoms with Crippen LogP contribution in [0.2, 0.25) is 5.02 Å². The lowest BCUT2D eigenvalue weighted by molar-refractivity contribution is -0.170. The average molecular weight is 436 g/mol. The van der Waals surface area contributed by atoms with Crippen molar-refractivity contribution >= 4 is 17.5 Å². The number of hydrogen-bond donors (Lipinski definition) is 1. The lowest BCUT2D eigenvalue weighted by Crippen LogP contribution is -2.41. The van der Waals surface area contributed by atoms with Crippen molar-refractivity contribution in [3.63, 3.8) is 0 Å². The zero-order chi connectivity index (χ0) is 21.3. The first-order valence-corrected chi connectivity index (χ1v) is 11.7. The molecule has 0 unspecified atom stereocenters. The van der Waals surface area contributed by atoms with Crippen molar-refractivity contribution in [2.24, 2.45) is 5.92 Å². The van der Waals surface area contributed by atoms with Crippen molar-refractivity contribution in [1.82, 2.24) is 4.90 Å². The summed E-state index contributed by atoms with van der Waals surface area (Å²) in [5, 5.41) is 10.1. The second kappa shape index (κ2) is 11.7. The lowest BCUT2D eigenvalue weighted by atomic mass is 9.80. The number of carbonyl (C=O) groups is 1. The minimum atomic E-state index is -0.513. The van der Waals surface area contributed by atoms with Gasteiger partial charge in [0, 0.05) is 43.2 Å². The van der Waals surface area contributed by atoms with Crippen molar-refractivity contribution < 1.29 is 19.4 Å². The van der Waals surface area contributed by atoms with Gasteiger partial charge in [-0.3, -0.25) is 4.79 Å². The van der Waals surface area contributed by atoms with Crippen LogP contribution < -0.4 is 0 Å². The fraction of sp³-hybridized carbons (Fsp3) is 0.625. The van der Waals surface area contributed by atoms with Crippen LogP contribution in [0, 0.1) is 5.92 Å². The molecule has 0 radical (unpaired) electrons. The molecule has 1 saturated heterocycles. The Morgan fingerprint density at radius 3 is 2.47 bits per heavy atom. The predicted molar refractivity (Wildman–Crippen MR) is 118 cm³/mol. The zero-order valence-corrected chi connectivity index (χ0v) is 18.7. The normalized spacial score (nSPS) is 25.1. The maximum Gasteiger partial charge on any atom is 0.288 e. The van der Waals surface area contributed by atoms with Gasteiger partial charge in [0.1, 0.15) is 0 Å². The highest BCUT2D eigenvalue weighted by molar-refractivity contribution is 6.30. The van der Waals surface area contributed by atoms with Crippen LogP contribution in [0.1, 0.15) is 63.4 Å². The number of hydrogen-bond acceptors (Lipinski definition) is 4. The highest BCUT2D eigenvalue weighted by Crippen LogP contribution is 2.40. The van der Waals surface area contributed by atoms with Crippen molar-refractivity contribution in [2.75, 3.05) is 26.3 Å². The Balaban J connectivity index is 1.90. The summed E-state index contributed by atoms with van der Waals surface area (Å²) in [6, 6.07) is 7.75. The number of aliphatic hydroxyl groups is 1. The molecule has 1 amide bonds. The van der Waals surface area contributed by atoms with Gasteiger partial charge in [-0.1, -0.05) is 43.0 Å². The minimum absolute atomic E-state index is 0.0159. The molecule has 1 aromatic rings. The van der Waals surface area contributed by atoms with E-state index in [1.807, 2.05) is 42.2 Å². The van der Waals surface area contributed by atoms with Gasteiger partial charge in [0.25, 0.3) is 5.91 Å². The number of carbonyl (C=O) groups excluding carboxylic acids is 1. The van der Waals surface area contributed by atoms with E-state index in [9.17, 15) is 9.90 Å². The summed E-state index contributed by atoms with van der Waals surface area (Å²) in [5.41, 5.74) is 1.08. The quantitative estimate of drug-likeness (QED) is 0.662. The first kappa shape index (κ1) is 23.1. The molecule has 5 nitrogen and oxygen atoms in total. The van der Waals surface area contributed by atoms with E-state index in [0.29, 0.717) is 23.8 Å². The molecule has 0 aliphatic carbocycles. The van der Waals surface area contributed by atoms with E-state index in [1.165, 1.54) is 19.3 Å². The number of benzene rings is 1. The van der Waals surface area contributed by atoms with Crippen LogP contribution in [0.15, 0.2) is 36.1 Å². The highest BCUT2D eigenvalue weighted by Gasteiger charge is 2.38. The molecule has 0 bridgehead atoms. The van der Waals surface area contributed by atoms with Crippen molar-refractivity contribution in [3.8, 4) is 0 Å². The molecule has 2 heterocycles. The van der Waals surface area contributed by atoms with Gasteiger partial charge in [0.2, 0.25) is 6.29 Å². The molecule has 0 aromatic heterocycles. The maximum atomic E-state index is 13.3. The van der Waals surface area contributed by atoms with E-state index in [2.05, 4.69) is 0 Å². The minimum Gasteiger partial charge on any atom is -0.459 e. The van der Waals surface area contributed by atoms with Gasteiger partial charge in [-0.25, -0.2) is 0 Å². The van der Waals surface area contributed by atoms with Gasteiger partial charge in [0.15, 0.2) is 5.76 Å². The fourth-order valence-electron chi connectivity index (χ4n) is 4.43. The van der Waals surface area contributed by atoms with Gasteiger partial charge in [0.05, 0.1) is 0 Å². The largest absolute Gasteiger partial charge is 0.459 e. The van der Waals surface area contributed by atoms with Crippen LogP contribution >= 0.6 is 11.6 Å². The molecule has 0 spiro atoms. The molecular weight excluding hydrogens is 402 g/mol.